The summed E-state index contributed by atoms with van der Waals surface area (Å²) in [4.78, 5) is 3.82. The fraction of sp³-hybridized carbons (Fsp3) is 0.444. The molecule has 1 fully saturated rings. The third-order valence-corrected chi connectivity index (χ3v) is 2.74. The van der Waals surface area contributed by atoms with Crippen LogP contribution in [0.3, 0.4) is 0 Å². The van der Waals surface area contributed by atoms with Gasteiger partial charge in [-0.2, -0.15) is 0 Å². The predicted molar refractivity (Wildman–Crippen MR) is 49.3 cm³/mol. The molecule has 14 heavy (non-hydrogen) atoms. The molecule has 0 spiro atoms. The minimum absolute atomic E-state index is 0.213. The van der Waals surface area contributed by atoms with Crippen LogP contribution in [0.2, 0.25) is 5.15 Å². The highest BCUT2D eigenvalue weighted by Crippen LogP contribution is 2.50. The zero-order valence-corrected chi connectivity index (χ0v) is 8.06. The van der Waals surface area contributed by atoms with Gasteiger partial charge < -0.3 is 5.73 Å². The van der Waals surface area contributed by atoms with E-state index in [0.717, 1.165) is 0 Å². The lowest BCUT2D eigenvalue weighted by Gasteiger charge is -2.44. The van der Waals surface area contributed by atoms with Gasteiger partial charge in [0.1, 0.15) is 5.15 Å². The number of alkyl halides is 2. The van der Waals surface area contributed by atoms with Crippen molar-refractivity contribution in [3.8, 4) is 0 Å². The van der Waals surface area contributed by atoms with Crippen molar-refractivity contribution in [2.75, 3.05) is 0 Å². The van der Waals surface area contributed by atoms with Gasteiger partial charge in [0.2, 0.25) is 0 Å². The number of pyridine rings is 1. The van der Waals surface area contributed by atoms with Crippen LogP contribution in [-0.2, 0) is 5.54 Å². The Morgan fingerprint density at radius 2 is 2.07 bits per heavy atom. The number of nitrogens with two attached hydrogens (primary N) is 1. The largest absolute Gasteiger partial charge is 0.321 e. The minimum atomic E-state index is -2.66. The molecule has 2 nitrogen and oxygen atoms in total. The molecule has 76 valence electrons. The molecule has 0 aromatic carbocycles. The first-order valence-electron chi connectivity index (χ1n) is 4.21. The van der Waals surface area contributed by atoms with Crippen LogP contribution in [0, 0.1) is 0 Å². The normalized spacial score (nSPS) is 22.9. The number of nitrogens with zero attached hydrogens (tertiary/aromatic N) is 1. The molecule has 1 aliphatic rings. The van der Waals surface area contributed by atoms with Crippen molar-refractivity contribution >= 4 is 11.6 Å². The fourth-order valence-electron chi connectivity index (χ4n) is 1.82. The van der Waals surface area contributed by atoms with Crippen LogP contribution in [-0.4, -0.2) is 10.9 Å². The van der Waals surface area contributed by atoms with E-state index in [1.165, 1.54) is 6.20 Å². The van der Waals surface area contributed by atoms with Crippen LogP contribution >= 0.6 is 11.6 Å². The smallest absolute Gasteiger partial charge is 0.252 e. The van der Waals surface area contributed by atoms with Crippen LogP contribution in [0.25, 0.3) is 0 Å². The molecule has 0 amide bonds. The van der Waals surface area contributed by atoms with Gasteiger partial charge in [0.15, 0.2) is 0 Å². The summed E-state index contributed by atoms with van der Waals surface area (Å²) in [5.41, 5.74) is 5.30. The van der Waals surface area contributed by atoms with E-state index in [4.69, 9.17) is 17.3 Å². The van der Waals surface area contributed by atoms with E-state index in [2.05, 4.69) is 4.98 Å². The molecule has 0 atom stereocenters. The lowest BCUT2D eigenvalue weighted by Crippen LogP contribution is -2.55. The van der Waals surface area contributed by atoms with Crippen LogP contribution in [0.5, 0.6) is 0 Å². The molecule has 0 unspecified atom stereocenters. The van der Waals surface area contributed by atoms with Crippen LogP contribution < -0.4 is 5.73 Å². The SMILES string of the molecule is NC1(c2cccnc2Cl)CC(F)(F)C1. The molecule has 1 aliphatic carbocycles. The second kappa shape index (κ2) is 2.87. The highest BCUT2D eigenvalue weighted by molar-refractivity contribution is 6.30. The van der Waals surface area contributed by atoms with Gasteiger partial charge >= 0.3 is 0 Å². The van der Waals surface area contributed by atoms with Gasteiger partial charge in [0.05, 0.1) is 5.54 Å². The van der Waals surface area contributed by atoms with Crippen molar-refractivity contribution in [3.05, 3.63) is 29.0 Å². The summed E-state index contributed by atoms with van der Waals surface area (Å²) in [7, 11) is 0. The fourth-order valence-corrected chi connectivity index (χ4v) is 2.13. The van der Waals surface area contributed by atoms with Gasteiger partial charge in [-0.1, -0.05) is 17.7 Å². The molecular formula is C9H9ClF2N2. The van der Waals surface area contributed by atoms with Crippen molar-refractivity contribution in [1.29, 1.82) is 0 Å². The van der Waals surface area contributed by atoms with E-state index < -0.39 is 11.5 Å². The average molecular weight is 219 g/mol. The van der Waals surface area contributed by atoms with E-state index in [0.29, 0.717) is 5.56 Å². The van der Waals surface area contributed by atoms with E-state index in [1.807, 2.05) is 0 Å². The summed E-state index contributed by atoms with van der Waals surface area (Å²) in [6, 6.07) is 3.29. The van der Waals surface area contributed by atoms with Gasteiger partial charge in [0, 0.05) is 24.6 Å². The maximum atomic E-state index is 12.7. The molecule has 5 heteroatoms. The number of aromatic nitrogens is 1. The van der Waals surface area contributed by atoms with Crippen molar-refractivity contribution in [2.45, 2.75) is 24.3 Å². The first kappa shape index (κ1) is 9.80. The number of rotatable bonds is 1. The Bertz CT molecular complexity index is 360. The molecule has 0 aliphatic heterocycles. The van der Waals surface area contributed by atoms with Gasteiger partial charge in [-0.3, -0.25) is 0 Å². The van der Waals surface area contributed by atoms with Gasteiger partial charge in [-0.05, 0) is 6.07 Å². The predicted octanol–water partition coefficient (Wildman–Crippen LogP) is 2.32. The number of hydrogen-bond donors (Lipinski definition) is 1. The van der Waals surface area contributed by atoms with E-state index >= 15 is 0 Å². The summed E-state index contributed by atoms with van der Waals surface area (Å²) in [5.74, 6) is -2.66. The monoisotopic (exact) mass is 218 g/mol. The molecule has 2 N–H and O–H groups in total. The third kappa shape index (κ3) is 1.48. The van der Waals surface area contributed by atoms with Crippen LogP contribution in [0.4, 0.5) is 8.78 Å². The molecule has 1 saturated carbocycles. The Balaban J connectivity index is 2.30. The maximum absolute atomic E-state index is 12.7. The second-order valence-electron chi connectivity index (χ2n) is 3.71. The van der Waals surface area contributed by atoms with E-state index in [-0.39, 0.29) is 18.0 Å². The Hall–Kier alpha value is -0.740. The summed E-state index contributed by atoms with van der Waals surface area (Å²) < 4.78 is 25.4. The zero-order chi connectivity index (χ0) is 10.4. The number of hydrogen-bond acceptors (Lipinski definition) is 2. The van der Waals surface area contributed by atoms with Gasteiger partial charge in [0.25, 0.3) is 5.92 Å². The van der Waals surface area contributed by atoms with Gasteiger partial charge in [-0.15, -0.1) is 0 Å². The summed E-state index contributed by atoms with van der Waals surface area (Å²) >= 11 is 5.78. The first-order valence-corrected chi connectivity index (χ1v) is 4.58. The van der Waals surface area contributed by atoms with Crippen molar-refractivity contribution in [2.24, 2.45) is 5.73 Å². The lowest BCUT2D eigenvalue weighted by molar-refractivity contribution is -0.125. The highest BCUT2D eigenvalue weighted by atomic mass is 35.5. The van der Waals surface area contributed by atoms with E-state index in [1.54, 1.807) is 12.1 Å². The first-order chi connectivity index (χ1) is 6.43. The zero-order valence-electron chi connectivity index (χ0n) is 7.30. The molecule has 1 heterocycles. The summed E-state index contributed by atoms with van der Waals surface area (Å²) in [6.45, 7) is 0. The van der Waals surface area contributed by atoms with Crippen LogP contribution in [0.1, 0.15) is 18.4 Å². The molecule has 0 radical (unpaired) electrons. The molecular weight excluding hydrogens is 210 g/mol. The van der Waals surface area contributed by atoms with Crippen molar-refractivity contribution in [3.63, 3.8) is 0 Å². The van der Waals surface area contributed by atoms with E-state index in [9.17, 15) is 8.78 Å². The van der Waals surface area contributed by atoms with Crippen molar-refractivity contribution < 1.29 is 8.78 Å². The van der Waals surface area contributed by atoms with Gasteiger partial charge in [-0.25, -0.2) is 13.8 Å². The quantitative estimate of drug-likeness (QED) is 0.735. The Kier molecular flexibility index (Phi) is 2.01. The van der Waals surface area contributed by atoms with Crippen molar-refractivity contribution in [1.82, 2.24) is 4.98 Å². The Morgan fingerprint density at radius 1 is 1.43 bits per heavy atom. The standard InChI is InChI=1S/C9H9ClF2N2/c10-7-6(2-1-3-14-7)8(13)4-9(11,12)5-8/h1-3H,4-5,13H2. The highest BCUT2D eigenvalue weighted by Gasteiger charge is 2.55. The molecule has 1 aromatic rings. The number of halogens is 3. The van der Waals surface area contributed by atoms with Crippen LogP contribution in [0.15, 0.2) is 18.3 Å². The summed E-state index contributed by atoms with van der Waals surface area (Å²) in [6.07, 6.45) is 0.794. The molecule has 0 bridgehead atoms. The maximum Gasteiger partial charge on any atom is 0.252 e. The Morgan fingerprint density at radius 3 is 2.57 bits per heavy atom. The molecule has 2 rings (SSSR count). The molecule has 0 saturated heterocycles. The Labute approximate surface area is 85.1 Å². The lowest BCUT2D eigenvalue weighted by atomic mass is 9.70. The molecule has 1 aromatic heterocycles. The topological polar surface area (TPSA) is 38.9 Å². The summed E-state index contributed by atoms with van der Waals surface area (Å²) in [5, 5.41) is 0.213. The average Bonchev–Trinajstić information content (AvgIpc) is 2.00. The minimum Gasteiger partial charge on any atom is -0.321 e. The second-order valence-corrected chi connectivity index (χ2v) is 4.07. The third-order valence-electron chi connectivity index (χ3n) is 2.44.